The van der Waals surface area contributed by atoms with E-state index in [-0.39, 0.29) is 11.7 Å². The average molecular weight is 182 g/mol. The number of aromatic carboxylic acids is 1. The van der Waals surface area contributed by atoms with Gasteiger partial charge in [-0.05, 0) is 26.3 Å². The minimum atomic E-state index is -0.916. The van der Waals surface area contributed by atoms with Gasteiger partial charge >= 0.3 is 5.97 Å². The van der Waals surface area contributed by atoms with Crippen LogP contribution in [0.1, 0.15) is 43.0 Å². The molecule has 0 unspecified atom stereocenters. The first-order chi connectivity index (χ1) is 6.06. The van der Waals surface area contributed by atoms with Crippen molar-refractivity contribution in [3.63, 3.8) is 0 Å². The fraction of sp³-hybridized carbons (Fsp3) is 0.556. The third-order valence-electron chi connectivity index (χ3n) is 1.86. The molecule has 0 aliphatic heterocycles. The molecule has 0 aliphatic carbocycles. The lowest BCUT2D eigenvalue weighted by Gasteiger charge is -2.06. The van der Waals surface area contributed by atoms with Gasteiger partial charge in [-0.3, -0.25) is 4.68 Å². The lowest BCUT2D eigenvalue weighted by atomic mass is 10.3. The van der Waals surface area contributed by atoms with Crippen LogP contribution in [0.25, 0.3) is 0 Å². The van der Waals surface area contributed by atoms with Crippen molar-refractivity contribution in [2.24, 2.45) is 0 Å². The molecule has 0 saturated carbocycles. The molecule has 1 N–H and O–H groups in total. The van der Waals surface area contributed by atoms with Gasteiger partial charge in [-0.25, -0.2) is 4.79 Å². The second-order valence-corrected chi connectivity index (χ2v) is 3.22. The number of carbonyl (C=O) groups is 1. The number of rotatable bonds is 3. The zero-order valence-electron chi connectivity index (χ0n) is 8.11. The summed E-state index contributed by atoms with van der Waals surface area (Å²) in [4.78, 5) is 10.8. The highest BCUT2D eigenvalue weighted by Gasteiger charge is 2.14. The van der Waals surface area contributed by atoms with E-state index in [2.05, 4.69) is 5.10 Å². The van der Waals surface area contributed by atoms with Crippen LogP contribution >= 0.6 is 0 Å². The standard InChI is InChI=1S/C9H14N2O2/c1-4-7-5-8(9(12)13)11(10-7)6(2)3/h5-6H,4H2,1-3H3,(H,12,13). The largest absolute Gasteiger partial charge is 0.477 e. The Hall–Kier alpha value is -1.32. The van der Waals surface area contributed by atoms with E-state index >= 15 is 0 Å². The molecule has 1 rings (SSSR count). The Kier molecular flexibility index (Phi) is 2.70. The van der Waals surface area contributed by atoms with Gasteiger partial charge in [-0.1, -0.05) is 6.92 Å². The predicted molar refractivity (Wildman–Crippen MR) is 48.9 cm³/mol. The van der Waals surface area contributed by atoms with Gasteiger partial charge < -0.3 is 5.11 Å². The average Bonchev–Trinajstić information content (AvgIpc) is 2.47. The highest BCUT2D eigenvalue weighted by atomic mass is 16.4. The van der Waals surface area contributed by atoms with Crippen molar-refractivity contribution in [2.75, 3.05) is 0 Å². The number of nitrogens with zero attached hydrogens (tertiary/aromatic N) is 2. The molecule has 0 aliphatic rings. The van der Waals surface area contributed by atoms with Crippen molar-refractivity contribution in [1.29, 1.82) is 0 Å². The van der Waals surface area contributed by atoms with Gasteiger partial charge in [0.1, 0.15) is 5.69 Å². The van der Waals surface area contributed by atoms with Crippen LogP contribution in [0.2, 0.25) is 0 Å². The topological polar surface area (TPSA) is 55.1 Å². The molecule has 0 fully saturated rings. The molecule has 4 nitrogen and oxygen atoms in total. The third-order valence-corrected chi connectivity index (χ3v) is 1.86. The second-order valence-electron chi connectivity index (χ2n) is 3.22. The Labute approximate surface area is 77.2 Å². The van der Waals surface area contributed by atoms with E-state index in [1.165, 1.54) is 0 Å². The maximum absolute atomic E-state index is 10.8. The van der Waals surface area contributed by atoms with Gasteiger partial charge in [0.2, 0.25) is 0 Å². The molecule has 0 amide bonds. The van der Waals surface area contributed by atoms with Crippen molar-refractivity contribution in [3.05, 3.63) is 17.5 Å². The van der Waals surface area contributed by atoms with Gasteiger partial charge in [-0.2, -0.15) is 5.10 Å². The van der Waals surface area contributed by atoms with Crippen LogP contribution in [0, 0.1) is 0 Å². The monoisotopic (exact) mass is 182 g/mol. The first-order valence-corrected chi connectivity index (χ1v) is 4.38. The summed E-state index contributed by atoms with van der Waals surface area (Å²) < 4.78 is 1.54. The van der Waals surface area contributed by atoms with E-state index in [1.807, 2.05) is 20.8 Å². The number of carboxylic acids is 1. The van der Waals surface area contributed by atoms with Crippen molar-refractivity contribution in [3.8, 4) is 0 Å². The summed E-state index contributed by atoms with van der Waals surface area (Å²) in [6.07, 6.45) is 0.764. The number of aryl methyl sites for hydroxylation is 1. The van der Waals surface area contributed by atoms with Crippen LogP contribution in [-0.4, -0.2) is 20.9 Å². The highest BCUT2D eigenvalue weighted by molar-refractivity contribution is 5.85. The highest BCUT2D eigenvalue weighted by Crippen LogP contribution is 2.11. The summed E-state index contributed by atoms with van der Waals surface area (Å²) in [6, 6.07) is 1.72. The Balaban J connectivity index is 3.15. The number of carboxylic acid groups (broad SMARTS) is 1. The molecule has 0 aromatic carbocycles. The number of aromatic nitrogens is 2. The second kappa shape index (κ2) is 3.60. The summed E-state index contributed by atoms with van der Waals surface area (Å²) in [6.45, 7) is 5.79. The van der Waals surface area contributed by atoms with Gasteiger partial charge in [-0.15, -0.1) is 0 Å². The summed E-state index contributed by atoms with van der Waals surface area (Å²) in [5.41, 5.74) is 1.10. The molecule has 1 aromatic rings. The van der Waals surface area contributed by atoms with Gasteiger partial charge in [0, 0.05) is 6.04 Å². The van der Waals surface area contributed by atoms with E-state index < -0.39 is 5.97 Å². The van der Waals surface area contributed by atoms with E-state index in [0.29, 0.717) is 0 Å². The molecule has 0 atom stereocenters. The van der Waals surface area contributed by atoms with E-state index in [9.17, 15) is 4.79 Å². The van der Waals surface area contributed by atoms with Crippen LogP contribution in [0.3, 0.4) is 0 Å². The Morgan fingerprint density at radius 2 is 2.31 bits per heavy atom. The quantitative estimate of drug-likeness (QED) is 0.774. The van der Waals surface area contributed by atoms with Crippen LogP contribution in [-0.2, 0) is 6.42 Å². The molecule has 0 saturated heterocycles. The predicted octanol–water partition coefficient (Wildman–Crippen LogP) is 1.72. The van der Waals surface area contributed by atoms with Gasteiger partial charge in [0.25, 0.3) is 0 Å². The minimum absolute atomic E-state index is 0.0893. The molecule has 0 radical (unpaired) electrons. The SMILES string of the molecule is CCc1cc(C(=O)O)n(C(C)C)n1. The maximum atomic E-state index is 10.8. The molecule has 1 aromatic heterocycles. The van der Waals surface area contributed by atoms with Crippen LogP contribution in [0.4, 0.5) is 0 Å². The Morgan fingerprint density at radius 3 is 2.62 bits per heavy atom. The summed E-state index contributed by atoms with van der Waals surface area (Å²) >= 11 is 0. The first kappa shape index (κ1) is 9.77. The molecular weight excluding hydrogens is 168 g/mol. The summed E-state index contributed by atoms with van der Waals surface area (Å²) in [5, 5.41) is 13.0. The zero-order valence-corrected chi connectivity index (χ0v) is 8.11. The zero-order chi connectivity index (χ0) is 10.0. The van der Waals surface area contributed by atoms with Crippen molar-refractivity contribution in [1.82, 2.24) is 9.78 Å². The maximum Gasteiger partial charge on any atom is 0.354 e. The minimum Gasteiger partial charge on any atom is -0.477 e. The lowest BCUT2D eigenvalue weighted by Crippen LogP contribution is -2.11. The fourth-order valence-electron chi connectivity index (χ4n) is 1.17. The lowest BCUT2D eigenvalue weighted by molar-refractivity contribution is 0.0681. The Morgan fingerprint density at radius 1 is 1.69 bits per heavy atom. The van der Waals surface area contributed by atoms with Gasteiger partial charge in [0.15, 0.2) is 0 Å². The molecule has 13 heavy (non-hydrogen) atoms. The van der Waals surface area contributed by atoms with Crippen molar-refractivity contribution >= 4 is 5.97 Å². The smallest absolute Gasteiger partial charge is 0.354 e. The number of hydrogen-bond donors (Lipinski definition) is 1. The first-order valence-electron chi connectivity index (χ1n) is 4.38. The van der Waals surface area contributed by atoms with Crippen LogP contribution in [0.5, 0.6) is 0 Å². The molecule has 0 spiro atoms. The molecule has 4 heteroatoms. The van der Waals surface area contributed by atoms with E-state index in [4.69, 9.17) is 5.11 Å². The third kappa shape index (κ3) is 1.88. The van der Waals surface area contributed by atoms with Crippen LogP contribution < -0.4 is 0 Å². The molecular formula is C9H14N2O2. The van der Waals surface area contributed by atoms with E-state index in [0.717, 1.165) is 12.1 Å². The Bertz CT molecular complexity index is 315. The van der Waals surface area contributed by atoms with Crippen LogP contribution in [0.15, 0.2) is 6.07 Å². The molecule has 1 heterocycles. The summed E-state index contributed by atoms with van der Waals surface area (Å²) in [5.74, 6) is -0.916. The number of hydrogen-bond acceptors (Lipinski definition) is 2. The van der Waals surface area contributed by atoms with E-state index in [1.54, 1.807) is 10.7 Å². The molecule has 0 bridgehead atoms. The fourth-order valence-corrected chi connectivity index (χ4v) is 1.17. The normalized spacial score (nSPS) is 10.8. The molecule has 72 valence electrons. The van der Waals surface area contributed by atoms with Gasteiger partial charge in [0.05, 0.1) is 5.69 Å². The summed E-state index contributed by atoms with van der Waals surface area (Å²) in [7, 11) is 0. The van der Waals surface area contributed by atoms with Crippen molar-refractivity contribution in [2.45, 2.75) is 33.2 Å². The van der Waals surface area contributed by atoms with Crippen molar-refractivity contribution < 1.29 is 9.90 Å².